The molecule has 0 atom stereocenters. The van der Waals surface area contributed by atoms with Gasteiger partial charge in [-0.1, -0.05) is 0 Å². The maximum Gasteiger partial charge on any atom is 0.361 e. The van der Waals surface area contributed by atoms with Crippen molar-refractivity contribution in [2.75, 3.05) is 6.61 Å². The third-order valence-electron chi connectivity index (χ3n) is 2.37. The van der Waals surface area contributed by atoms with Gasteiger partial charge in [0.2, 0.25) is 0 Å². The van der Waals surface area contributed by atoms with E-state index in [0.29, 0.717) is 0 Å². The Balaban J connectivity index is 2.62. The number of carbonyl (C=O) groups excluding carboxylic acids is 1. The first-order chi connectivity index (χ1) is 9.47. The van der Waals surface area contributed by atoms with Crippen LogP contribution < -0.4 is 0 Å². The molecule has 0 aliphatic carbocycles. The summed E-state index contributed by atoms with van der Waals surface area (Å²) in [5.41, 5.74) is -0.325. The standard InChI is InChI=1S/C11H7Br2F2N3O2/c1-2-20-11(19)10-9(16-18-17-10)6-4(12)3-5(14)7(13)8(6)15/h3H,2H2,1H3,(H,16,17,18). The summed E-state index contributed by atoms with van der Waals surface area (Å²) in [6.45, 7) is 1.77. The number of hydrogen-bond acceptors (Lipinski definition) is 4. The highest BCUT2D eigenvalue weighted by Crippen LogP contribution is 2.36. The van der Waals surface area contributed by atoms with Crippen LogP contribution in [-0.2, 0) is 4.74 Å². The van der Waals surface area contributed by atoms with E-state index in [0.717, 1.165) is 6.07 Å². The summed E-state index contributed by atoms with van der Waals surface area (Å²) in [5.74, 6) is -2.42. The molecule has 1 aromatic carbocycles. The first-order valence-electron chi connectivity index (χ1n) is 5.38. The van der Waals surface area contributed by atoms with Gasteiger partial charge in [-0.15, -0.1) is 5.10 Å². The second-order valence-corrected chi connectivity index (χ2v) is 5.23. The zero-order valence-electron chi connectivity index (χ0n) is 10.0. The lowest BCUT2D eigenvalue weighted by atomic mass is 10.1. The Morgan fingerprint density at radius 1 is 1.40 bits per heavy atom. The van der Waals surface area contributed by atoms with E-state index in [1.165, 1.54) is 0 Å². The smallest absolute Gasteiger partial charge is 0.361 e. The molecule has 1 aromatic heterocycles. The molecule has 0 amide bonds. The van der Waals surface area contributed by atoms with Gasteiger partial charge in [-0.25, -0.2) is 13.6 Å². The predicted molar refractivity (Wildman–Crippen MR) is 73.1 cm³/mol. The monoisotopic (exact) mass is 409 g/mol. The normalized spacial score (nSPS) is 10.7. The van der Waals surface area contributed by atoms with Crippen molar-refractivity contribution in [2.24, 2.45) is 0 Å². The van der Waals surface area contributed by atoms with E-state index in [-0.39, 0.29) is 32.5 Å². The topological polar surface area (TPSA) is 67.9 Å². The molecule has 0 saturated carbocycles. The zero-order chi connectivity index (χ0) is 14.9. The van der Waals surface area contributed by atoms with Gasteiger partial charge in [0.25, 0.3) is 0 Å². The molecule has 0 radical (unpaired) electrons. The van der Waals surface area contributed by atoms with Gasteiger partial charge in [0.1, 0.15) is 11.5 Å². The molecule has 0 saturated heterocycles. The van der Waals surface area contributed by atoms with E-state index in [4.69, 9.17) is 4.74 Å². The Labute approximate surface area is 129 Å². The van der Waals surface area contributed by atoms with Crippen LogP contribution in [0.25, 0.3) is 11.3 Å². The Morgan fingerprint density at radius 3 is 2.75 bits per heavy atom. The molecule has 0 spiro atoms. The van der Waals surface area contributed by atoms with Gasteiger partial charge in [-0.2, -0.15) is 10.3 Å². The molecule has 20 heavy (non-hydrogen) atoms. The predicted octanol–water partition coefficient (Wildman–Crippen LogP) is 3.45. The number of carbonyl (C=O) groups is 1. The largest absolute Gasteiger partial charge is 0.461 e. The van der Waals surface area contributed by atoms with Gasteiger partial charge in [0.05, 0.1) is 16.6 Å². The number of benzene rings is 1. The van der Waals surface area contributed by atoms with Crippen LogP contribution in [0.1, 0.15) is 17.4 Å². The maximum absolute atomic E-state index is 14.2. The summed E-state index contributed by atoms with van der Waals surface area (Å²) in [6.07, 6.45) is 0. The number of hydrogen-bond donors (Lipinski definition) is 1. The molecular weight excluding hydrogens is 404 g/mol. The Hall–Kier alpha value is -1.35. The summed E-state index contributed by atoms with van der Waals surface area (Å²) in [7, 11) is 0. The average Bonchev–Trinajstić information content (AvgIpc) is 2.85. The highest BCUT2D eigenvalue weighted by Gasteiger charge is 2.26. The molecular formula is C11H7Br2F2N3O2. The van der Waals surface area contributed by atoms with Crippen molar-refractivity contribution in [1.82, 2.24) is 15.4 Å². The lowest BCUT2D eigenvalue weighted by Gasteiger charge is -2.07. The molecule has 0 bridgehead atoms. The first-order valence-corrected chi connectivity index (χ1v) is 6.97. The van der Waals surface area contributed by atoms with Gasteiger partial charge in [0, 0.05) is 4.47 Å². The highest BCUT2D eigenvalue weighted by atomic mass is 79.9. The minimum atomic E-state index is -0.892. The van der Waals surface area contributed by atoms with Crippen molar-refractivity contribution in [3.05, 3.63) is 32.3 Å². The number of halogens is 4. The van der Waals surface area contributed by atoms with E-state index in [1.807, 2.05) is 0 Å². The minimum absolute atomic E-state index is 0.0616. The molecule has 0 aliphatic heterocycles. The molecule has 2 rings (SSSR count). The number of rotatable bonds is 3. The lowest BCUT2D eigenvalue weighted by molar-refractivity contribution is 0.0520. The third-order valence-corrected chi connectivity index (χ3v) is 3.72. The summed E-state index contributed by atoms with van der Waals surface area (Å²) in [5, 5.41) is 9.60. The van der Waals surface area contributed by atoms with Crippen LogP contribution in [-0.4, -0.2) is 28.0 Å². The summed E-state index contributed by atoms with van der Waals surface area (Å²) >= 11 is 5.84. The second kappa shape index (κ2) is 5.96. The van der Waals surface area contributed by atoms with Crippen LogP contribution in [0.2, 0.25) is 0 Å². The van der Waals surface area contributed by atoms with E-state index < -0.39 is 17.6 Å². The van der Waals surface area contributed by atoms with Gasteiger partial charge in [-0.05, 0) is 44.8 Å². The molecule has 1 heterocycles. The van der Waals surface area contributed by atoms with Crippen molar-refractivity contribution >= 4 is 37.8 Å². The number of H-pyrrole nitrogens is 1. The van der Waals surface area contributed by atoms with E-state index in [9.17, 15) is 13.6 Å². The molecule has 0 fully saturated rings. The van der Waals surface area contributed by atoms with Crippen LogP contribution >= 0.6 is 31.9 Å². The van der Waals surface area contributed by atoms with Crippen molar-refractivity contribution in [1.29, 1.82) is 0 Å². The summed E-state index contributed by atoms with van der Waals surface area (Å²) in [6, 6.07) is 1.06. The molecule has 2 aromatic rings. The Morgan fingerprint density at radius 2 is 2.10 bits per heavy atom. The summed E-state index contributed by atoms with van der Waals surface area (Å²) in [4.78, 5) is 11.7. The fourth-order valence-electron chi connectivity index (χ4n) is 1.53. The number of nitrogens with zero attached hydrogens (tertiary/aromatic N) is 2. The van der Waals surface area contributed by atoms with Gasteiger partial charge >= 0.3 is 5.97 Å². The highest BCUT2D eigenvalue weighted by molar-refractivity contribution is 9.11. The molecule has 1 N–H and O–H groups in total. The molecule has 5 nitrogen and oxygen atoms in total. The van der Waals surface area contributed by atoms with Gasteiger partial charge in [0.15, 0.2) is 11.5 Å². The lowest BCUT2D eigenvalue weighted by Crippen LogP contribution is -2.07. The number of nitrogens with one attached hydrogen (secondary N) is 1. The maximum atomic E-state index is 14.2. The number of ether oxygens (including phenoxy) is 1. The van der Waals surface area contributed by atoms with Crippen molar-refractivity contribution in [3.63, 3.8) is 0 Å². The fraction of sp³-hybridized carbons (Fsp3) is 0.182. The van der Waals surface area contributed by atoms with Gasteiger partial charge in [-0.3, -0.25) is 0 Å². The fourth-order valence-corrected chi connectivity index (χ4v) is 2.41. The minimum Gasteiger partial charge on any atom is -0.461 e. The van der Waals surface area contributed by atoms with Crippen molar-refractivity contribution < 1.29 is 18.3 Å². The van der Waals surface area contributed by atoms with Crippen LogP contribution in [0.4, 0.5) is 8.78 Å². The molecule has 0 unspecified atom stereocenters. The van der Waals surface area contributed by atoms with Crippen LogP contribution in [0.3, 0.4) is 0 Å². The number of aromatic amines is 1. The van der Waals surface area contributed by atoms with Gasteiger partial charge < -0.3 is 4.74 Å². The summed E-state index contributed by atoms with van der Waals surface area (Å²) < 4.78 is 32.1. The second-order valence-electron chi connectivity index (χ2n) is 3.58. The molecule has 9 heteroatoms. The molecule has 0 aliphatic rings. The Bertz CT molecular complexity index is 676. The van der Waals surface area contributed by atoms with Crippen molar-refractivity contribution in [3.8, 4) is 11.3 Å². The van der Waals surface area contributed by atoms with E-state index in [2.05, 4.69) is 47.3 Å². The zero-order valence-corrected chi connectivity index (χ0v) is 13.2. The van der Waals surface area contributed by atoms with Crippen molar-refractivity contribution in [2.45, 2.75) is 6.92 Å². The number of esters is 1. The van der Waals surface area contributed by atoms with Crippen LogP contribution in [0.5, 0.6) is 0 Å². The first kappa shape index (κ1) is 15.0. The van der Waals surface area contributed by atoms with Crippen LogP contribution in [0, 0.1) is 11.6 Å². The van der Waals surface area contributed by atoms with Crippen LogP contribution in [0.15, 0.2) is 15.0 Å². The van der Waals surface area contributed by atoms with E-state index in [1.54, 1.807) is 6.92 Å². The van der Waals surface area contributed by atoms with E-state index >= 15 is 0 Å². The third kappa shape index (κ3) is 2.59. The SMILES string of the molecule is CCOC(=O)c1n[nH]nc1-c1c(Br)cc(F)c(Br)c1F. The number of aromatic nitrogens is 3. The average molecular weight is 411 g/mol. The quantitative estimate of drug-likeness (QED) is 0.478. The molecule has 106 valence electrons. The Kier molecular flexibility index (Phi) is 4.48.